The van der Waals surface area contributed by atoms with Gasteiger partial charge in [-0.25, -0.2) is 0 Å². The lowest BCUT2D eigenvalue weighted by atomic mass is 9.96. The molecule has 2 rings (SSSR count). The van der Waals surface area contributed by atoms with Gasteiger partial charge in [0.1, 0.15) is 0 Å². The quantitative estimate of drug-likeness (QED) is 0.925. The molecule has 1 N–H and O–H groups in total. The second kappa shape index (κ2) is 5.90. The zero-order valence-corrected chi connectivity index (χ0v) is 13.1. The van der Waals surface area contributed by atoms with Crippen LogP contribution in [0.5, 0.6) is 0 Å². The number of carboxylic acid groups (broad SMARTS) is 1. The van der Waals surface area contributed by atoms with Gasteiger partial charge in [-0.3, -0.25) is 9.59 Å². The molecule has 0 unspecified atom stereocenters. The number of aliphatic carboxylic acids is 1. The van der Waals surface area contributed by atoms with Crippen molar-refractivity contribution >= 4 is 11.9 Å². The lowest BCUT2D eigenvalue weighted by molar-refractivity contribution is -0.187. The minimum absolute atomic E-state index is 0.330. The van der Waals surface area contributed by atoms with Crippen LogP contribution in [0.3, 0.4) is 0 Å². The zero-order valence-electron chi connectivity index (χ0n) is 13.1. The average molecular weight is 332 g/mol. The maximum absolute atomic E-state index is 13.0. The standard InChI is InChI=1S/C15H19F3N2O3/c1-4-20-8(2)5-10(9(20)3)13(21)19-6-11(14(22)23)12(7-19)15(16,17)18/h5,11-12H,4,6-7H2,1-3H3,(H,22,23)/t11-,12-/m1/s1. The van der Waals surface area contributed by atoms with Crippen LogP contribution in [0, 0.1) is 25.7 Å². The van der Waals surface area contributed by atoms with E-state index in [-0.39, 0.29) is 0 Å². The van der Waals surface area contributed by atoms with Crippen molar-refractivity contribution in [3.05, 3.63) is 23.0 Å². The van der Waals surface area contributed by atoms with Gasteiger partial charge in [-0.15, -0.1) is 0 Å². The first-order valence-corrected chi connectivity index (χ1v) is 7.33. The molecule has 1 aliphatic heterocycles. The second-order valence-corrected chi connectivity index (χ2v) is 5.83. The van der Waals surface area contributed by atoms with Crippen molar-refractivity contribution in [2.75, 3.05) is 13.1 Å². The normalized spacial score (nSPS) is 21.7. The summed E-state index contributed by atoms with van der Waals surface area (Å²) in [6.07, 6.45) is -4.64. The number of halogens is 3. The SMILES string of the molecule is CCn1c(C)cc(C(=O)N2C[C@@H](C(F)(F)F)[C@H](C(=O)O)C2)c1C. The Morgan fingerprint density at radius 3 is 2.30 bits per heavy atom. The highest BCUT2D eigenvalue weighted by Gasteiger charge is 2.53. The number of carbonyl (C=O) groups excluding carboxylic acids is 1. The summed E-state index contributed by atoms with van der Waals surface area (Å²) < 4.78 is 40.9. The fourth-order valence-corrected chi connectivity index (χ4v) is 3.23. The predicted molar refractivity (Wildman–Crippen MR) is 76.2 cm³/mol. The van der Waals surface area contributed by atoms with Crippen LogP contribution in [-0.4, -0.2) is 45.7 Å². The number of aryl methyl sites for hydroxylation is 1. The molecule has 1 fully saturated rings. The van der Waals surface area contributed by atoms with Crippen molar-refractivity contribution in [2.24, 2.45) is 11.8 Å². The second-order valence-electron chi connectivity index (χ2n) is 5.83. The minimum Gasteiger partial charge on any atom is -0.481 e. The molecule has 2 heterocycles. The summed E-state index contributed by atoms with van der Waals surface area (Å²) in [6.45, 7) is 5.06. The highest BCUT2D eigenvalue weighted by atomic mass is 19.4. The van der Waals surface area contributed by atoms with E-state index in [9.17, 15) is 22.8 Å². The maximum atomic E-state index is 13.0. The highest BCUT2D eigenvalue weighted by molar-refractivity contribution is 5.96. The first-order valence-electron chi connectivity index (χ1n) is 7.33. The number of amides is 1. The predicted octanol–water partition coefficient (Wildman–Crippen LogP) is 2.46. The van der Waals surface area contributed by atoms with E-state index in [0.717, 1.165) is 10.6 Å². The number of aromatic nitrogens is 1. The molecule has 1 saturated heterocycles. The molecule has 0 aliphatic carbocycles. The first kappa shape index (κ1) is 17.4. The number of hydrogen-bond donors (Lipinski definition) is 1. The van der Waals surface area contributed by atoms with Crippen LogP contribution in [-0.2, 0) is 11.3 Å². The Labute approximate surface area is 131 Å². The molecule has 128 valence electrons. The Bertz CT molecular complexity index is 637. The number of alkyl halides is 3. The Hall–Kier alpha value is -1.99. The van der Waals surface area contributed by atoms with Gasteiger partial charge < -0.3 is 14.6 Å². The lowest BCUT2D eigenvalue weighted by Gasteiger charge is -2.18. The van der Waals surface area contributed by atoms with Gasteiger partial charge in [0.05, 0.1) is 17.4 Å². The number of rotatable bonds is 3. The maximum Gasteiger partial charge on any atom is 0.394 e. The van der Waals surface area contributed by atoms with Gasteiger partial charge in [0, 0.05) is 31.0 Å². The van der Waals surface area contributed by atoms with Crippen LogP contribution >= 0.6 is 0 Å². The Balaban J connectivity index is 2.29. The van der Waals surface area contributed by atoms with E-state index in [0.29, 0.717) is 17.8 Å². The van der Waals surface area contributed by atoms with Gasteiger partial charge in [-0.1, -0.05) is 0 Å². The van der Waals surface area contributed by atoms with Crippen LogP contribution in [0.2, 0.25) is 0 Å². The summed E-state index contributed by atoms with van der Waals surface area (Å²) in [7, 11) is 0. The van der Waals surface area contributed by atoms with E-state index >= 15 is 0 Å². The van der Waals surface area contributed by atoms with Gasteiger partial charge in [0.2, 0.25) is 0 Å². The Kier molecular flexibility index (Phi) is 4.45. The first-order chi connectivity index (χ1) is 10.6. The number of carbonyl (C=O) groups is 2. The topological polar surface area (TPSA) is 62.5 Å². The number of carboxylic acids is 1. The van der Waals surface area contributed by atoms with Crippen LogP contribution in [0.1, 0.15) is 28.7 Å². The van der Waals surface area contributed by atoms with Gasteiger partial charge in [-0.05, 0) is 26.8 Å². The molecule has 0 spiro atoms. The molecule has 5 nitrogen and oxygen atoms in total. The fourth-order valence-electron chi connectivity index (χ4n) is 3.23. The summed E-state index contributed by atoms with van der Waals surface area (Å²) in [5, 5.41) is 9.02. The third-order valence-electron chi connectivity index (χ3n) is 4.46. The third kappa shape index (κ3) is 3.07. The van der Waals surface area contributed by atoms with Crippen molar-refractivity contribution in [1.82, 2.24) is 9.47 Å². The van der Waals surface area contributed by atoms with Crippen LogP contribution < -0.4 is 0 Å². The summed E-state index contributed by atoms with van der Waals surface area (Å²) in [4.78, 5) is 24.6. The lowest BCUT2D eigenvalue weighted by Crippen LogP contribution is -2.34. The molecule has 1 aliphatic rings. The molecule has 1 aromatic rings. The molecule has 2 atom stereocenters. The summed E-state index contributed by atoms with van der Waals surface area (Å²) in [5.74, 6) is -5.72. The molecule has 23 heavy (non-hydrogen) atoms. The molecule has 0 bridgehead atoms. The molecule has 1 aromatic heterocycles. The van der Waals surface area contributed by atoms with Gasteiger partial charge in [0.15, 0.2) is 0 Å². The molecule has 0 radical (unpaired) electrons. The minimum atomic E-state index is -4.64. The fraction of sp³-hybridized carbons (Fsp3) is 0.600. The summed E-state index contributed by atoms with van der Waals surface area (Å²) in [5.41, 5.74) is 1.85. The molecule has 1 amide bonds. The van der Waals surface area contributed by atoms with E-state index < -0.39 is 43.0 Å². The van der Waals surface area contributed by atoms with E-state index in [4.69, 9.17) is 5.11 Å². The van der Waals surface area contributed by atoms with E-state index in [1.54, 1.807) is 13.0 Å². The number of likely N-dealkylation sites (tertiary alicyclic amines) is 1. The Morgan fingerprint density at radius 2 is 1.91 bits per heavy atom. The molecular formula is C15H19F3N2O3. The smallest absolute Gasteiger partial charge is 0.394 e. The number of hydrogen-bond acceptors (Lipinski definition) is 2. The van der Waals surface area contributed by atoms with Crippen molar-refractivity contribution in [2.45, 2.75) is 33.5 Å². The van der Waals surface area contributed by atoms with Crippen molar-refractivity contribution in [3.63, 3.8) is 0 Å². The van der Waals surface area contributed by atoms with Crippen LogP contribution in [0.15, 0.2) is 6.07 Å². The van der Waals surface area contributed by atoms with E-state index in [2.05, 4.69) is 0 Å². The largest absolute Gasteiger partial charge is 0.481 e. The molecular weight excluding hydrogens is 313 g/mol. The summed E-state index contributed by atoms with van der Waals surface area (Å²) >= 11 is 0. The molecule has 8 heteroatoms. The van der Waals surface area contributed by atoms with E-state index in [1.807, 2.05) is 18.4 Å². The zero-order chi connectivity index (χ0) is 17.5. The van der Waals surface area contributed by atoms with Crippen molar-refractivity contribution < 1.29 is 27.9 Å². The van der Waals surface area contributed by atoms with Crippen LogP contribution in [0.4, 0.5) is 13.2 Å². The van der Waals surface area contributed by atoms with Gasteiger partial charge in [0.25, 0.3) is 5.91 Å². The molecule has 0 aromatic carbocycles. The summed E-state index contributed by atoms with van der Waals surface area (Å²) in [6, 6.07) is 1.64. The number of nitrogens with zero attached hydrogens (tertiary/aromatic N) is 2. The monoisotopic (exact) mass is 332 g/mol. The van der Waals surface area contributed by atoms with Gasteiger partial charge >= 0.3 is 12.1 Å². The van der Waals surface area contributed by atoms with Crippen molar-refractivity contribution in [1.29, 1.82) is 0 Å². The Morgan fingerprint density at radius 1 is 1.30 bits per heavy atom. The molecule has 0 saturated carbocycles. The van der Waals surface area contributed by atoms with E-state index in [1.165, 1.54) is 0 Å². The van der Waals surface area contributed by atoms with Crippen LogP contribution in [0.25, 0.3) is 0 Å². The van der Waals surface area contributed by atoms with Gasteiger partial charge in [-0.2, -0.15) is 13.2 Å². The van der Waals surface area contributed by atoms with Crippen molar-refractivity contribution in [3.8, 4) is 0 Å². The average Bonchev–Trinajstić information content (AvgIpc) is 3.00. The highest BCUT2D eigenvalue weighted by Crippen LogP contribution is 2.38. The third-order valence-corrected chi connectivity index (χ3v) is 4.46.